The molecule has 0 saturated heterocycles. The molecule has 0 spiro atoms. The lowest BCUT2D eigenvalue weighted by Gasteiger charge is -2.22. The van der Waals surface area contributed by atoms with Crippen LogP contribution in [0.4, 0.5) is 0 Å². The first-order valence-corrected chi connectivity index (χ1v) is 6.19. The van der Waals surface area contributed by atoms with Gasteiger partial charge in [0.2, 0.25) is 0 Å². The number of hydrogen-bond acceptors (Lipinski definition) is 2. The largest absolute Gasteiger partial charge is 0.312 e. The maximum absolute atomic E-state index is 3.77. The van der Waals surface area contributed by atoms with Crippen LogP contribution in [0, 0.1) is 0 Å². The van der Waals surface area contributed by atoms with Gasteiger partial charge in [0.15, 0.2) is 0 Å². The van der Waals surface area contributed by atoms with Crippen molar-refractivity contribution in [1.29, 1.82) is 0 Å². The molecule has 0 atom stereocenters. The molecule has 0 bridgehead atoms. The molecule has 16 heavy (non-hydrogen) atoms. The van der Waals surface area contributed by atoms with Crippen LogP contribution in [-0.4, -0.2) is 36.6 Å². The summed E-state index contributed by atoms with van der Waals surface area (Å²) >= 11 is 0. The number of rotatable bonds is 9. The number of nitrogens with one attached hydrogen (secondary N) is 1. The van der Waals surface area contributed by atoms with E-state index in [9.17, 15) is 0 Å². The lowest BCUT2D eigenvalue weighted by atomic mass is 10.1. The van der Waals surface area contributed by atoms with E-state index in [2.05, 4.69) is 44.1 Å². The molecular weight excluding hydrogens is 196 g/mol. The fourth-order valence-corrected chi connectivity index (χ4v) is 1.55. The molecule has 2 nitrogen and oxygen atoms in total. The molecule has 0 aliphatic heterocycles. The quantitative estimate of drug-likeness (QED) is 0.478. The SMILES string of the molecule is C=CCN(CC=C)CCCCNC(C)(C)C. The molecule has 0 unspecified atom stereocenters. The summed E-state index contributed by atoms with van der Waals surface area (Å²) in [6, 6.07) is 0. The highest BCUT2D eigenvalue weighted by Crippen LogP contribution is 2.00. The van der Waals surface area contributed by atoms with Gasteiger partial charge in [-0.25, -0.2) is 0 Å². The number of nitrogens with zero attached hydrogens (tertiary/aromatic N) is 1. The fourth-order valence-electron chi connectivity index (χ4n) is 1.55. The molecule has 94 valence electrons. The summed E-state index contributed by atoms with van der Waals surface area (Å²) in [6.07, 6.45) is 6.36. The summed E-state index contributed by atoms with van der Waals surface area (Å²) in [5, 5.41) is 3.50. The predicted octanol–water partition coefficient (Wildman–Crippen LogP) is 2.83. The minimum atomic E-state index is 0.238. The molecule has 0 radical (unpaired) electrons. The number of unbranched alkanes of at least 4 members (excludes halogenated alkanes) is 1. The van der Waals surface area contributed by atoms with E-state index in [1.807, 2.05) is 12.2 Å². The fraction of sp³-hybridized carbons (Fsp3) is 0.714. The maximum Gasteiger partial charge on any atom is 0.0163 e. The van der Waals surface area contributed by atoms with Gasteiger partial charge in [-0.3, -0.25) is 4.90 Å². The Kier molecular flexibility index (Phi) is 8.22. The average Bonchev–Trinajstić information content (AvgIpc) is 2.16. The van der Waals surface area contributed by atoms with Gasteiger partial charge in [-0.05, 0) is 46.7 Å². The Morgan fingerprint density at radius 2 is 1.62 bits per heavy atom. The Morgan fingerprint density at radius 1 is 1.06 bits per heavy atom. The Hall–Kier alpha value is -0.600. The number of hydrogen-bond donors (Lipinski definition) is 1. The third-order valence-electron chi connectivity index (χ3n) is 2.33. The molecule has 0 aromatic heterocycles. The monoisotopic (exact) mass is 224 g/mol. The first-order valence-electron chi connectivity index (χ1n) is 6.19. The minimum Gasteiger partial charge on any atom is -0.312 e. The van der Waals surface area contributed by atoms with Crippen molar-refractivity contribution in [3.63, 3.8) is 0 Å². The molecular formula is C14H28N2. The van der Waals surface area contributed by atoms with Crippen LogP contribution in [0.1, 0.15) is 33.6 Å². The van der Waals surface area contributed by atoms with Gasteiger partial charge in [0, 0.05) is 18.6 Å². The predicted molar refractivity (Wildman–Crippen MR) is 73.8 cm³/mol. The van der Waals surface area contributed by atoms with Crippen LogP contribution < -0.4 is 5.32 Å². The Balaban J connectivity index is 3.54. The summed E-state index contributed by atoms with van der Waals surface area (Å²) in [5.41, 5.74) is 0.238. The minimum absolute atomic E-state index is 0.238. The van der Waals surface area contributed by atoms with Crippen molar-refractivity contribution >= 4 is 0 Å². The lowest BCUT2D eigenvalue weighted by Crippen LogP contribution is -2.36. The highest BCUT2D eigenvalue weighted by Gasteiger charge is 2.07. The van der Waals surface area contributed by atoms with E-state index in [-0.39, 0.29) is 5.54 Å². The highest BCUT2D eigenvalue weighted by atomic mass is 15.1. The van der Waals surface area contributed by atoms with E-state index in [4.69, 9.17) is 0 Å². The van der Waals surface area contributed by atoms with E-state index in [0.29, 0.717) is 0 Å². The first-order chi connectivity index (χ1) is 7.49. The topological polar surface area (TPSA) is 15.3 Å². The Morgan fingerprint density at radius 3 is 2.06 bits per heavy atom. The van der Waals surface area contributed by atoms with E-state index in [1.165, 1.54) is 12.8 Å². The van der Waals surface area contributed by atoms with Gasteiger partial charge in [0.05, 0.1) is 0 Å². The molecule has 0 aliphatic carbocycles. The van der Waals surface area contributed by atoms with Crippen molar-refractivity contribution in [3.8, 4) is 0 Å². The third-order valence-corrected chi connectivity index (χ3v) is 2.33. The lowest BCUT2D eigenvalue weighted by molar-refractivity contribution is 0.321. The van der Waals surface area contributed by atoms with Crippen molar-refractivity contribution in [1.82, 2.24) is 10.2 Å². The van der Waals surface area contributed by atoms with Crippen LogP contribution in [0.15, 0.2) is 25.3 Å². The third kappa shape index (κ3) is 9.94. The van der Waals surface area contributed by atoms with Crippen LogP contribution in [-0.2, 0) is 0 Å². The van der Waals surface area contributed by atoms with Gasteiger partial charge >= 0.3 is 0 Å². The van der Waals surface area contributed by atoms with Crippen molar-refractivity contribution in [2.75, 3.05) is 26.2 Å². The van der Waals surface area contributed by atoms with Crippen molar-refractivity contribution in [3.05, 3.63) is 25.3 Å². The second-order valence-corrected chi connectivity index (χ2v) is 5.22. The maximum atomic E-state index is 3.77. The van der Waals surface area contributed by atoms with Gasteiger partial charge in [0.25, 0.3) is 0 Å². The van der Waals surface area contributed by atoms with E-state index in [1.54, 1.807) is 0 Å². The molecule has 0 aromatic carbocycles. The molecule has 1 N–H and O–H groups in total. The van der Waals surface area contributed by atoms with Gasteiger partial charge < -0.3 is 5.32 Å². The van der Waals surface area contributed by atoms with Crippen LogP contribution in [0.25, 0.3) is 0 Å². The zero-order valence-electron chi connectivity index (χ0n) is 11.3. The molecule has 0 rings (SSSR count). The molecule has 0 fully saturated rings. The summed E-state index contributed by atoms with van der Waals surface area (Å²) < 4.78 is 0. The molecule has 0 amide bonds. The van der Waals surface area contributed by atoms with E-state index in [0.717, 1.165) is 26.2 Å². The van der Waals surface area contributed by atoms with Crippen LogP contribution >= 0.6 is 0 Å². The summed E-state index contributed by atoms with van der Waals surface area (Å²) in [7, 11) is 0. The van der Waals surface area contributed by atoms with Gasteiger partial charge in [-0.2, -0.15) is 0 Å². The second-order valence-electron chi connectivity index (χ2n) is 5.22. The molecule has 2 heteroatoms. The van der Waals surface area contributed by atoms with Crippen molar-refractivity contribution in [2.24, 2.45) is 0 Å². The molecule has 0 heterocycles. The average molecular weight is 224 g/mol. The molecule has 0 aromatic rings. The zero-order valence-corrected chi connectivity index (χ0v) is 11.3. The van der Waals surface area contributed by atoms with Crippen LogP contribution in [0.2, 0.25) is 0 Å². The molecule has 0 aliphatic rings. The van der Waals surface area contributed by atoms with Gasteiger partial charge in [-0.15, -0.1) is 13.2 Å². The standard InChI is InChI=1S/C14H28N2/c1-6-11-16(12-7-2)13-9-8-10-15-14(3,4)5/h6-7,15H,1-2,8-13H2,3-5H3. The second kappa shape index (κ2) is 8.54. The summed E-state index contributed by atoms with van der Waals surface area (Å²) in [6.45, 7) is 18.3. The first kappa shape index (κ1) is 15.4. The van der Waals surface area contributed by atoms with Crippen LogP contribution in [0.3, 0.4) is 0 Å². The zero-order chi connectivity index (χ0) is 12.4. The summed E-state index contributed by atoms with van der Waals surface area (Å²) in [4.78, 5) is 2.36. The smallest absolute Gasteiger partial charge is 0.0163 e. The normalized spacial score (nSPS) is 11.8. The van der Waals surface area contributed by atoms with E-state index >= 15 is 0 Å². The highest BCUT2D eigenvalue weighted by molar-refractivity contribution is 4.79. The Labute approximate surface area is 101 Å². The molecule has 0 saturated carbocycles. The van der Waals surface area contributed by atoms with Gasteiger partial charge in [-0.1, -0.05) is 12.2 Å². The van der Waals surface area contributed by atoms with E-state index < -0.39 is 0 Å². The Bertz CT molecular complexity index is 181. The van der Waals surface area contributed by atoms with Crippen molar-refractivity contribution < 1.29 is 0 Å². The summed E-state index contributed by atoms with van der Waals surface area (Å²) in [5.74, 6) is 0. The van der Waals surface area contributed by atoms with Crippen LogP contribution in [0.5, 0.6) is 0 Å². The van der Waals surface area contributed by atoms with Crippen molar-refractivity contribution in [2.45, 2.75) is 39.2 Å². The van der Waals surface area contributed by atoms with Gasteiger partial charge in [0.1, 0.15) is 0 Å².